The topological polar surface area (TPSA) is 76.2 Å². The van der Waals surface area contributed by atoms with Crippen LogP contribution in [0.5, 0.6) is 0 Å². The summed E-state index contributed by atoms with van der Waals surface area (Å²) in [4.78, 5) is 41.1. The largest absolute Gasteiger partial charge is 0.454 e. The zero-order valence-corrected chi connectivity index (χ0v) is 15.8. The lowest BCUT2D eigenvalue weighted by molar-refractivity contribution is -0.155. The first-order chi connectivity index (χ1) is 13.0. The van der Waals surface area contributed by atoms with Gasteiger partial charge in [0.2, 0.25) is 5.78 Å². The van der Waals surface area contributed by atoms with Crippen molar-refractivity contribution >= 4 is 28.4 Å². The van der Waals surface area contributed by atoms with Crippen molar-refractivity contribution in [2.75, 3.05) is 0 Å². The number of esters is 1. The predicted octanol–water partition coefficient (Wildman–Crippen LogP) is 3.99. The summed E-state index contributed by atoms with van der Waals surface area (Å²) < 4.78 is 5.57. The van der Waals surface area contributed by atoms with Crippen molar-refractivity contribution in [3.05, 3.63) is 35.5 Å². The minimum atomic E-state index is -0.840. The van der Waals surface area contributed by atoms with Crippen molar-refractivity contribution in [1.82, 2.24) is 4.98 Å². The van der Waals surface area contributed by atoms with E-state index in [1.165, 1.54) is 0 Å². The molecule has 2 aromatic rings. The van der Waals surface area contributed by atoms with Crippen LogP contribution in [0.15, 0.2) is 24.3 Å². The number of para-hydroxylation sites is 1. The maximum atomic E-state index is 13.0. The molecule has 142 valence electrons. The molecule has 5 heteroatoms. The molecular formula is C22H25NO4. The number of hydrogen-bond acceptors (Lipinski definition) is 4. The fraction of sp³-hybridized carbons (Fsp3) is 0.500. The van der Waals surface area contributed by atoms with Crippen molar-refractivity contribution < 1.29 is 19.1 Å². The Balaban J connectivity index is 1.47. The number of H-pyrrole nitrogens is 1. The van der Waals surface area contributed by atoms with E-state index in [4.69, 9.17) is 4.74 Å². The van der Waals surface area contributed by atoms with E-state index in [9.17, 15) is 14.4 Å². The number of Topliss-reactive ketones (excluding diaryl/α,β-unsaturated/α-hetero) is 2. The lowest BCUT2D eigenvalue weighted by Gasteiger charge is -2.36. The standard InChI is InChI=1S/C22H25NO4/c1-12-19(17-8-3-4-9-18(17)23-12)20(24)13(2)27-22(26)16-10-14-6-5-7-15(11-16)21(14)25/h3-4,8-9,13-16,23H,5-7,10-11H2,1-2H3/t13-,14-,15+,16?/m1/s1. The first-order valence-electron chi connectivity index (χ1n) is 9.81. The molecule has 5 nitrogen and oxygen atoms in total. The lowest BCUT2D eigenvalue weighted by Crippen LogP contribution is -2.40. The number of hydrogen-bond donors (Lipinski definition) is 1. The molecule has 1 N–H and O–H groups in total. The van der Waals surface area contributed by atoms with Crippen LogP contribution in [0, 0.1) is 24.7 Å². The minimum absolute atomic E-state index is 0.00285. The number of rotatable bonds is 4. The van der Waals surface area contributed by atoms with Gasteiger partial charge in [-0.15, -0.1) is 0 Å². The van der Waals surface area contributed by atoms with Crippen molar-refractivity contribution in [3.8, 4) is 0 Å². The van der Waals surface area contributed by atoms with E-state index in [1.54, 1.807) is 6.92 Å². The first kappa shape index (κ1) is 18.0. The van der Waals surface area contributed by atoms with E-state index >= 15 is 0 Å². The summed E-state index contributed by atoms with van der Waals surface area (Å²) in [5.74, 6) is -0.474. The third kappa shape index (κ3) is 3.20. The number of ether oxygens (including phenoxy) is 1. The SMILES string of the molecule is Cc1[nH]c2ccccc2c1C(=O)[C@@H](C)OC(=O)C1C[C@H]2CCC[C@@H](C1)C2=O. The Labute approximate surface area is 158 Å². The van der Waals surface area contributed by atoms with Crippen LogP contribution in [-0.4, -0.2) is 28.6 Å². The molecular weight excluding hydrogens is 342 g/mol. The molecule has 1 aromatic heterocycles. The van der Waals surface area contributed by atoms with Crippen LogP contribution in [0.3, 0.4) is 0 Å². The van der Waals surface area contributed by atoms with Crippen LogP contribution in [0.25, 0.3) is 10.9 Å². The number of ketones is 2. The number of benzene rings is 1. The second-order valence-corrected chi connectivity index (χ2v) is 8.01. The molecule has 0 amide bonds. The van der Waals surface area contributed by atoms with Gasteiger partial charge in [-0.2, -0.15) is 0 Å². The summed E-state index contributed by atoms with van der Waals surface area (Å²) >= 11 is 0. The molecule has 2 bridgehead atoms. The van der Waals surface area contributed by atoms with Crippen molar-refractivity contribution in [3.63, 3.8) is 0 Å². The zero-order valence-electron chi connectivity index (χ0n) is 15.8. The second-order valence-electron chi connectivity index (χ2n) is 8.01. The van der Waals surface area contributed by atoms with E-state index in [0.717, 1.165) is 35.9 Å². The molecule has 1 aromatic carbocycles. The Bertz CT molecular complexity index is 896. The van der Waals surface area contributed by atoms with Crippen molar-refractivity contribution in [2.24, 2.45) is 17.8 Å². The van der Waals surface area contributed by atoms with Crippen LogP contribution in [-0.2, 0) is 14.3 Å². The average molecular weight is 367 g/mol. The molecule has 1 unspecified atom stereocenters. The smallest absolute Gasteiger partial charge is 0.309 e. The molecule has 1 heterocycles. The summed E-state index contributed by atoms with van der Waals surface area (Å²) in [5, 5.41) is 0.848. The van der Waals surface area contributed by atoms with Crippen LogP contribution >= 0.6 is 0 Å². The highest BCUT2D eigenvalue weighted by atomic mass is 16.5. The maximum absolute atomic E-state index is 13.0. The summed E-state index contributed by atoms with van der Waals surface area (Å²) in [5.41, 5.74) is 2.26. The number of fused-ring (bicyclic) bond motifs is 3. The summed E-state index contributed by atoms with van der Waals surface area (Å²) in [7, 11) is 0. The Kier molecular flexibility index (Phi) is 4.62. The Morgan fingerprint density at radius 2 is 1.81 bits per heavy atom. The molecule has 0 radical (unpaired) electrons. The number of nitrogens with one attached hydrogen (secondary N) is 1. The van der Waals surface area contributed by atoms with Crippen LogP contribution in [0.4, 0.5) is 0 Å². The number of carbonyl (C=O) groups is 3. The highest BCUT2D eigenvalue weighted by Gasteiger charge is 2.42. The number of carbonyl (C=O) groups excluding carboxylic acids is 3. The van der Waals surface area contributed by atoms with Gasteiger partial charge in [-0.3, -0.25) is 14.4 Å². The van der Waals surface area contributed by atoms with Crippen LogP contribution < -0.4 is 0 Å². The van der Waals surface area contributed by atoms with Gasteiger partial charge in [-0.05, 0) is 45.6 Å². The highest BCUT2D eigenvalue weighted by molar-refractivity contribution is 6.11. The van der Waals surface area contributed by atoms with E-state index in [2.05, 4.69) is 4.98 Å². The molecule has 2 fully saturated rings. The van der Waals surface area contributed by atoms with Gasteiger partial charge in [0, 0.05) is 34.0 Å². The Morgan fingerprint density at radius 3 is 2.52 bits per heavy atom. The molecule has 27 heavy (non-hydrogen) atoms. The third-order valence-electron chi connectivity index (χ3n) is 6.18. The van der Waals surface area contributed by atoms with Crippen molar-refractivity contribution in [2.45, 2.75) is 52.1 Å². The van der Waals surface area contributed by atoms with Crippen LogP contribution in [0.2, 0.25) is 0 Å². The van der Waals surface area contributed by atoms with Gasteiger partial charge in [-0.1, -0.05) is 24.6 Å². The Hall–Kier alpha value is -2.43. The number of aryl methyl sites for hydroxylation is 1. The first-order valence-corrected chi connectivity index (χ1v) is 9.81. The van der Waals surface area contributed by atoms with Gasteiger partial charge in [-0.25, -0.2) is 0 Å². The summed E-state index contributed by atoms with van der Waals surface area (Å²) in [6.07, 6.45) is 3.12. The predicted molar refractivity (Wildman–Crippen MR) is 101 cm³/mol. The maximum Gasteiger partial charge on any atom is 0.309 e. The molecule has 0 saturated heterocycles. The summed E-state index contributed by atoms with van der Waals surface area (Å²) in [6, 6.07) is 7.63. The summed E-state index contributed by atoms with van der Waals surface area (Å²) in [6.45, 7) is 3.49. The van der Waals surface area contributed by atoms with Gasteiger partial charge in [0.05, 0.1) is 5.92 Å². The molecule has 2 aliphatic carbocycles. The average Bonchev–Trinajstić information content (AvgIpc) is 2.96. The van der Waals surface area contributed by atoms with Gasteiger partial charge >= 0.3 is 5.97 Å². The van der Waals surface area contributed by atoms with Crippen LogP contribution in [0.1, 0.15) is 55.1 Å². The highest BCUT2D eigenvalue weighted by Crippen LogP contribution is 2.40. The fourth-order valence-electron chi connectivity index (χ4n) is 4.79. The van der Waals surface area contributed by atoms with E-state index in [1.807, 2.05) is 31.2 Å². The fourth-order valence-corrected chi connectivity index (χ4v) is 4.79. The quantitative estimate of drug-likeness (QED) is 0.655. The molecule has 0 aliphatic heterocycles. The zero-order chi connectivity index (χ0) is 19.1. The lowest BCUT2D eigenvalue weighted by atomic mass is 9.67. The number of aromatic nitrogens is 1. The van der Waals surface area contributed by atoms with Gasteiger partial charge in [0.25, 0.3) is 0 Å². The molecule has 2 aliphatic rings. The Morgan fingerprint density at radius 1 is 1.15 bits per heavy atom. The van der Waals surface area contributed by atoms with Crippen molar-refractivity contribution in [1.29, 1.82) is 0 Å². The number of aromatic amines is 1. The molecule has 0 spiro atoms. The normalized spacial score (nSPS) is 26.0. The van der Waals surface area contributed by atoms with Gasteiger partial charge in [0.1, 0.15) is 5.78 Å². The minimum Gasteiger partial charge on any atom is -0.454 e. The molecule has 4 atom stereocenters. The van der Waals surface area contributed by atoms with E-state index in [0.29, 0.717) is 24.2 Å². The van der Waals surface area contributed by atoms with E-state index in [-0.39, 0.29) is 29.5 Å². The van der Waals surface area contributed by atoms with E-state index < -0.39 is 6.10 Å². The van der Waals surface area contributed by atoms with Gasteiger partial charge in [0.15, 0.2) is 6.10 Å². The third-order valence-corrected chi connectivity index (χ3v) is 6.18. The second kappa shape index (κ2) is 6.95. The monoisotopic (exact) mass is 367 g/mol. The molecule has 2 saturated carbocycles. The van der Waals surface area contributed by atoms with Gasteiger partial charge < -0.3 is 9.72 Å². The molecule has 4 rings (SSSR count).